The summed E-state index contributed by atoms with van der Waals surface area (Å²) in [7, 11) is 0.0911. The molecule has 18 heavy (non-hydrogen) atoms. The first-order valence-electron chi connectivity index (χ1n) is 5.13. The summed E-state index contributed by atoms with van der Waals surface area (Å²) >= 11 is 0. The van der Waals surface area contributed by atoms with Crippen LogP contribution < -0.4 is 9.62 Å². The number of sulfonamides is 1. The zero-order valence-corrected chi connectivity index (χ0v) is 10.8. The van der Waals surface area contributed by atoms with Crippen molar-refractivity contribution in [3.8, 4) is 0 Å². The van der Waals surface area contributed by atoms with E-state index in [4.69, 9.17) is 0 Å². The van der Waals surface area contributed by atoms with Gasteiger partial charge < -0.3 is 9.88 Å². The zero-order chi connectivity index (χ0) is 13.2. The Kier molecular flexibility index (Phi) is 3.19. The van der Waals surface area contributed by atoms with E-state index in [1.54, 1.807) is 12.1 Å². The molecule has 0 saturated heterocycles. The monoisotopic (exact) mass is 267 g/mol. The number of anilines is 2. The summed E-state index contributed by atoms with van der Waals surface area (Å²) < 4.78 is 26.1. The van der Waals surface area contributed by atoms with E-state index in [1.807, 2.05) is 19.0 Å². The molecule has 2 N–H and O–H groups in total. The van der Waals surface area contributed by atoms with Crippen LogP contribution in [-0.2, 0) is 10.0 Å². The summed E-state index contributed by atoms with van der Waals surface area (Å²) in [6.45, 7) is 0. The zero-order valence-electron chi connectivity index (χ0n) is 9.95. The van der Waals surface area contributed by atoms with Crippen LogP contribution in [0.4, 0.5) is 11.5 Å². The first kappa shape index (κ1) is 12.4. The van der Waals surface area contributed by atoms with Gasteiger partial charge in [0.05, 0.1) is 24.4 Å². The topological polar surface area (TPSA) is 91.0 Å². The van der Waals surface area contributed by atoms with Gasteiger partial charge in [-0.25, -0.2) is 9.97 Å². The van der Waals surface area contributed by atoms with Crippen LogP contribution in [0.25, 0.3) is 0 Å². The Morgan fingerprint density at radius 3 is 2.56 bits per heavy atom. The van der Waals surface area contributed by atoms with Gasteiger partial charge in [-0.15, -0.1) is 0 Å². The summed E-state index contributed by atoms with van der Waals surface area (Å²) in [5.41, 5.74) is 0.398. The van der Waals surface area contributed by atoms with E-state index in [2.05, 4.69) is 19.7 Å². The lowest BCUT2D eigenvalue weighted by atomic mass is 10.4. The highest BCUT2D eigenvalue weighted by Gasteiger charge is 2.15. The average Bonchev–Trinajstić information content (AvgIpc) is 2.83. The lowest BCUT2D eigenvalue weighted by Gasteiger charge is -2.11. The minimum atomic E-state index is -3.62. The highest BCUT2D eigenvalue weighted by atomic mass is 32.2. The Bertz CT molecular complexity index is 604. The molecule has 8 heteroatoms. The van der Waals surface area contributed by atoms with Crippen molar-refractivity contribution in [1.82, 2.24) is 15.0 Å². The minimum absolute atomic E-state index is 0.0131. The van der Waals surface area contributed by atoms with Crippen LogP contribution in [0.15, 0.2) is 35.9 Å². The second-order valence-corrected chi connectivity index (χ2v) is 5.47. The van der Waals surface area contributed by atoms with E-state index in [9.17, 15) is 8.42 Å². The van der Waals surface area contributed by atoms with E-state index >= 15 is 0 Å². The Labute approximate surface area is 105 Å². The third kappa shape index (κ3) is 2.59. The number of aromatic nitrogens is 3. The van der Waals surface area contributed by atoms with Crippen molar-refractivity contribution in [2.45, 2.75) is 5.03 Å². The van der Waals surface area contributed by atoms with Gasteiger partial charge in [-0.05, 0) is 12.1 Å². The fourth-order valence-electron chi connectivity index (χ4n) is 1.31. The van der Waals surface area contributed by atoms with E-state index < -0.39 is 10.0 Å². The van der Waals surface area contributed by atoms with Crippen molar-refractivity contribution in [3.63, 3.8) is 0 Å². The van der Waals surface area contributed by atoms with Crippen LogP contribution >= 0.6 is 0 Å². The molecule has 0 amide bonds. The Morgan fingerprint density at radius 1 is 1.28 bits per heavy atom. The van der Waals surface area contributed by atoms with E-state index in [1.165, 1.54) is 18.7 Å². The van der Waals surface area contributed by atoms with E-state index in [0.29, 0.717) is 5.69 Å². The molecule has 7 nitrogen and oxygen atoms in total. The number of nitrogens with zero attached hydrogens (tertiary/aromatic N) is 3. The predicted molar refractivity (Wildman–Crippen MR) is 68.0 cm³/mol. The van der Waals surface area contributed by atoms with Crippen molar-refractivity contribution in [1.29, 1.82) is 0 Å². The van der Waals surface area contributed by atoms with Gasteiger partial charge in [0.25, 0.3) is 10.0 Å². The van der Waals surface area contributed by atoms with Gasteiger partial charge in [0.15, 0.2) is 5.03 Å². The maximum absolute atomic E-state index is 11.9. The van der Waals surface area contributed by atoms with Crippen molar-refractivity contribution < 1.29 is 8.42 Å². The Balaban J connectivity index is 2.20. The molecule has 0 saturated carbocycles. The number of H-pyrrole nitrogens is 1. The third-order valence-corrected chi connectivity index (χ3v) is 3.53. The van der Waals surface area contributed by atoms with Gasteiger partial charge in [-0.3, -0.25) is 4.72 Å². The van der Waals surface area contributed by atoms with Gasteiger partial charge in [0, 0.05) is 14.1 Å². The average molecular weight is 267 g/mol. The molecule has 2 aromatic heterocycles. The molecule has 2 aromatic rings. The van der Waals surface area contributed by atoms with E-state index in [0.717, 1.165) is 5.82 Å². The lowest BCUT2D eigenvalue weighted by Crippen LogP contribution is -2.14. The van der Waals surface area contributed by atoms with Gasteiger partial charge in [-0.2, -0.15) is 8.42 Å². The molecule has 0 bridgehead atoms. The van der Waals surface area contributed by atoms with Crippen molar-refractivity contribution in [2.75, 3.05) is 23.7 Å². The molecule has 0 aliphatic carbocycles. The predicted octanol–water partition coefficient (Wildman–Crippen LogP) is 0.672. The van der Waals surface area contributed by atoms with Crippen LogP contribution in [0, 0.1) is 0 Å². The standard InChI is InChI=1S/C10H13N5O2S/c1-15(2)9-4-3-8(5-12-9)14-18(16,17)10-6-11-7-13-10/h3-7,14H,1-2H3,(H,11,13). The molecule has 0 spiro atoms. The molecule has 2 rings (SSSR count). The van der Waals surface area contributed by atoms with Gasteiger partial charge >= 0.3 is 0 Å². The number of imidazole rings is 1. The molecular weight excluding hydrogens is 254 g/mol. The first-order chi connectivity index (χ1) is 8.49. The van der Waals surface area contributed by atoms with Gasteiger partial charge in [0.1, 0.15) is 5.82 Å². The summed E-state index contributed by atoms with van der Waals surface area (Å²) in [6, 6.07) is 3.38. The molecule has 0 fully saturated rings. The van der Waals surface area contributed by atoms with E-state index in [-0.39, 0.29) is 5.03 Å². The van der Waals surface area contributed by atoms with Crippen molar-refractivity contribution >= 4 is 21.5 Å². The second-order valence-electron chi connectivity index (χ2n) is 3.82. The minimum Gasteiger partial charge on any atom is -0.363 e. The third-order valence-electron chi connectivity index (χ3n) is 2.22. The summed E-state index contributed by atoms with van der Waals surface area (Å²) in [6.07, 6.45) is 4.01. The number of nitrogens with one attached hydrogen (secondary N) is 2. The smallest absolute Gasteiger partial charge is 0.279 e. The number of aromatic amines is 1. The number of hydrogen-bond donors (Lipinski definition) is 2. The first-order valence-corrected chi connectivity index (χ1v) is 6.62. The Morgan fingerprint density at radius 2 is 2.06 bits per heavy atom. The normalized spacial score (nSPS) is 11.2. The molecular formula is C10H13N5O2S. The largest absolute Gasteiger partial charge is 0.363 e. The summed E-state index contributed by atoms with van der Waals surface area (Å²) in [4.78, 5) is 12.2. The summed E-state index contributed by atoms with van der Waals surface area (Å²) in [5.74, 6) is 0.750. The van der Waals surface area contributed by atoms with Crippen molar-refractivity contribution in [3.05, 3.63) is 30.9 Å². The van der Waals surface area contributed by atoms with Crippen LogP contribution in [0.1, 0.15) is 0 Å². The highest BCUT2D eigenvalue weighted by Crippen LogP contribution is 2.15. The molecule has 96 valence electrons. The number of rotatable bonds is 4. The van der Waals surface area contributed by atoms with Crippen molar-refractivity contribution in [2.24, 2.45) is 0 Å². The molecule has 0 aliphatic heterocycles. The SMILES string of the molecule is CN(C)c1ccc(NS(=O)(=O)c2cnc[nH]2)cn1. The number of hydrogen-bond acceptors (Lipinski definition) is 5. The number of pyridine rings is 1. The summed E-state index contributed by atoms with van der Waals surface area (Å²) in [5, 5.41) is 0.0131. The maximum atomic E-state index is 11.9. The fraction of sp³-hybridized carbons (Fsp3) is 0.200. The van der Waals surface area contributed by atoms with Crippen LogP contribution in [0.3, 0.4) is 0 Å². The van der Waals surface area contributed by atoms with Crippen LogP contribution in [0.2, 0.25) is 0 Å². The molecule has 0 atom stereocenters. The lowest BCUT2D eigenvalue weighted by molar-refractivity contribution is 0.598. The molecule has 0 aromatic carbocycles. The quantitative estimate of drug-likeness (QED) is 0.849. The molecule has 0 aliphatic rings. The van der Waals surface area contributed by atoms with Crippen LogP contribution in [-0.4, -0.2) is 37.5 Å². The second kappa shape index (κ2) is 4.65. The molecule has 0 radical (unpaired) electrons. The maximum Gasteiger partial charge on any atom is 0.279 e. The van der Waals surface area contributed by atoms with Gasteiger partial charge in [0.2, 0.25) is 0 Å². The molecule has 2 heterocycles. The van der Waals surface area contributed by atoms with Crippen LogP contribution in [0.5, 0.6) is 0 Å². The molecule has 0 unspecified atom stereocenters. The van der Waals surface area contributed by atoms with Gasteiger partial charge in [-0.1, -0.05) is 0 Å². The highest BCUT2D eigenvalue weighted by molar-refractivity contribution is 7.92. The fourth-order valence-corrected chi connectivity index (χ4v) is 2.26. The Hall–Kier alpha value is -2.09.